The van der Waals surface area contributed by atoms with Crippen LogP contribution in [-0.4, -0.2) is 39.1 Å². The van der Waals surface area contributed by atoms with Gasteiger partial charge in [0.1, 0.15) is 0 Å². The van der Waals surface area contributed by atoms with E-state index in [-0.39, 0.29) is 5.91 Å². The lowest BCUT2D eigenvalue weighted by molar-refractivity contribution is -0.130. The van der Waals surface area contributed by atoms with Gasteiger partial charge < -0.3 is 4.90 Å². The lowest BCUT2D eigenvalue weighted by Crippen LogP contribution is -2.34. The van der Waals surface area contributed by atoms with Crippen LogP contribution in [0, 0.1) is 6.92 Å². The van der Waals surface area contributed by atoms with E-state index >= 15 is 0 Å². The summed E-state index contributed by atoms with van der Waals surface area (Å²) in [7, 11) is 0. The van der Waals surface area contributed by atoms with E-state index in [2.05, 4.69) is 27.3 Å². The minimum Gasteiger partial charge on any atom is -0.342 e. The van der Waals surface area contributed by atoms with E-state index in [0.29, 0.717) is 6.42 Å². The number of thiazole rings is 1. The lowest BCUT2D eigenvalue weighted by Gasteiger charge is -2.19. The lowest BCUT2D eigenvalue weighted by atomic mass is 10.0. The molecule has 0 atom stereocenters. The number of rotatable bonds is 3. The molecule has 1 aromatic carbocycles. The molecular formula is C19H20N4OS. The van der Waals surface area contributed by atoms with Crippen LogP contribution < -0.4 is 0 Å². The second kappa shape index (κ2) is 6.80. The zero-order valence-corrected chi connectivity index (χ0v) is 15.0. The Balaban J connectivity index is 1.49. The highest BCUT2D eigenvalue weighted by Crippen LogP contribution is 2.26. The molecule has 3 heterocycles. The average molecular weight is 352 g/mol. The standard InChI is InChI=1S/C19H20N4OS/c1-13-20-15(12-25-13)11-18(24)23-9-7-16-17(8-10-23)21-22-19(16)14-5-3-2-4-6-14/h2-6,12H,7-11H2,1H3,(H,21,22). The number of amides is 1. The van der Waals surface area contributed by atoms with Crippen LogP contribution in [0.1, 0.15) is 22.0 Å². The van der Waals surface area contributed by atoms with E-state index in [1.165, 1.54) is 5.56 Å². The minimum absolute atomic E-state index is 0.157. The molecule has 2 aromatic heterocycles. The van der Waals surface area contributed by atoms with Gasteiger partial charge in [0.15, 0.2) is 0 Å². The summed E-state index contributed by atoms with van der Waals surface area (Å²) in [5.74, 6) is 0.157. The van der Waals surface area contributed by atoms with Gasteiger partial charge in [-0.15, -0.1) is 11.3 Å². The number of hydrogen-bond donors (Lipinski definition) is 1. The van der Waals surface area contributed by atoms with Gasteiger partial charge in [-0.3, -0.25) is 9.89 Å². The van der Waals surface area contributed by atoms with Crippen LogP contribution in [0.15, 0.2) is 35.7 Å². The number of aromatic amines is 1. The predicted molar refractivity (Wildman–Crippen MR) is 98.6 cm³/mol. The number of carbonyl (C=O) groups excluding carboxylic acids is 1. The van der Waals surface area contributed by atoms with E-state index in [1.54, 1.807) is 11.3 Å². The van der Waals surface area contributed by atoms with Crippen LogP contribution >= 0.6 is 11.3 Å². The highest BCUT2D eigenvalue weighted by atomic mass is 32.1. The normalized spacial score (nSPS) is 14.2. The van der Waals surface area contributed by atoms with E-state index in [0.717, 1.165) is 53.6 Å². The second-order valence-electron chi connectivity index (χ2n) is 6.31. The number of aromatic nitrogens is 3. The van der Waals surface area contributed by atoms with Gasteiger partial charge in [0.25, 0.3) is 0 Å². The molecule has 1 N–H and O–H groups in total. The summed E-state index contributed by atoms with van der Waals surface area (Å²) in [6, 6.07) is 10.2. The fourth-order valence-corrected chi connectivity index (χ4v) is 3.94. The third-order valence-electron chi connectivity index (χ3n) is 4.62. The van der Waals surface area contributed by atoms with E-state index in [4.69, 9.17) is 0 Å². The van der Waals surface area contributed by atoms with Gasteiger partial charge in [-0.2, -0.15) is 5.10 Å². The van der Waals surface area contributed by atoms with Crippen molar-refractivity contribution in [3.63, 3.8) is 0 Å². The van der Waals surface area contributed by atoms with Crippen molar-refractivity contribution in [1.29, 1.82) is 0 Å². The first-order valence-electron chi connectivity index (χ1n) is 8.51. The first-order valence-corrected chi connectivity index (χ1v) is 9.39. The minimum atomic E-state index is 0.157. The molecule has 0 saturated heterocycles. The summed E-state index contributed by atoms with van der Waals surface area (Å²) in [5, 5.41) is 10.7. The number of nitrogens with one attached hydrogen (secondary N) is 1. The fourth-order valence-electron chi connectivity index (χ4n) is 3.32. The maximum absolute atomic E-state index is 12.6. The number of nitrogens with zero attached hydrogens (tertiary/aromatic N) is 3. The van der Waals surface area contributed by atoms with Crippen LogP contribution in [0.5, 0.6) is 0 Å². The molecule has 128 valence electrons. The largest absolute Gasteiger partial charge is 0.342 e. The predicted octanol–water partition coefficient (Wildman–Crippen LogP) is 3.01. The molecule has 0 bridgehead atoms. The molecule has 0 radical (unpaired) electrons. The number of hydrogen-bond acceptors (Lipinski definition) is 4. The van der Waals surface area contributed by atoms with Gasteiger partial charge in [-0.05, 0) is 13.3 Å². The van der Waals surface area contributed by atoms with Gasteiger partial charge in [0.2, 0.25) is 5.91 Å². The van der Waals surface area contributed by atoms with Crippen molar-refractivity contribution >= 4 is 17.2 Å². The molecule has 0 fully saturated rings. The van der Waals surface area contributed by atoms with Crippen LogP contribution in [0.4, 0.5) is 0 Å². The third kappa shape index (κ3) is 3.35. The maximum atomic E-state index is 12.6. The van der Waals surface area contributed by atoms with E-state index in [9.17, 15) is 4.79 Å². The van der Waals surface area contributed by atoms with Crippen LogP contribution in [0.3, 0.4) is 0 Å². The molecule has 0 saturated carbocycles. The summed E-state index contributed by atoms with van der Waals surface area (Å²) in [4.78, 5) is 19.0. The quantitative estimate of drug-likeness (QED) is 0.788. The van der Waals surface area contributed by atoms with Crippen LogP contribution in [0.25, 0.3) is 11.3 Å². The summed E-state index contributed by atoms with van der Waals surface area (Å²) < 4.78 is 0. The molecular weight excluding hydrogens is 332 g/mol. The van der Waals surface area contributed by atoms with Gasteiger partial charge in [0, 0.05) is 41.7 Å². The van der Waals surface area contributed by atoms with Crippen molar-refractivity contribution < 1.29 is 4.79 Å². The molecule has 1 amide bonds. The molecule has 6 heteroatoms. The van der Waals surface area contributed by atoms with Crippen molar-refractivity contribution in [3.05, 3.63) is 57.7 Å². The number of fused-ring (bicyclic) bond motifs is 1. The number of H-pyrrole nitrogens is 1. The Bertz CT molecular complexity index is 884. The number of benzene rings is 1. The molecule has 0 spiro atoms. The molecule has 4 rings (SSSR count). The zero-order valence-electron chi connectivity index (χ0n) is 14.2. The Kier molecular flexibility index (Phi) is 4.36. The number of carbonyl (C=O) groups is 1. The Morgan fingerprint density at radius 1 is 1.24 bits per heavy atom. The van der Waals surface area contributed by atoms with E-state index in [1.807, 2.05) is 35.4 Å². The molecule has 1 aliphatic rings. The van der Waals surface area contributed by atoms with Crippen molar-refractivity contribution in [2.24, 2.45) is 0 Å². The Morgan fingerprint density at radius 2 is 2.04 bits per heavy atom. The van der Waals surface area contributed by atoms with Gasteiger partial charge in [-0.1, -0.05) is 30.3 Å². The smallest absolute Gasteiger partial charge is 0.228 e. The van der Waals surface area contributed by atoms with Crippen molar-refractivity contribution in [2.75, 3.05) is 13.1 Å². The SMILES string of the molecule is Cc1nc(CC(=O)N2CCc3[nH]nc(-c4ccccc4)c3CC2)cs1. The van der Waals surface area contributed by atoms with Crippen molar-refractivity contribution in [1.82, 2.24) is 20.1 Å². The van der Waals surface area contributed by atoms with Gasteiger partial charge >= 0.3 is 0 Å². The summed E-state index contributed by atoms with van der Waals surface area (Å²) >= 11 is 1.59. The fraction of sp³-hybridized carbons (Fsp3) is 0.316. The average Bonchev–Trinajstić information content (AvgIpc) is 3.15. The Labute approximate surface area is 150 Å². The molecule has 0 aliphatic carbocycles. The highest BCUT2D eigenvalue weighted by Gasteiger charge is 2.23. The van der Waals surface area contributed by atoms with Crippen LogP contribution in [-0.2, 0) is 24.1 Å². The topological polar surface area (TPSA) is 61.9 Å². The monoisotopic (exact) mass is 352 g/mol. The highest BCUT2D eigenvalue weighted by molar-refractivity contribution is 7.09. The second-order valence-corrected chi connectivity index (χ2v) is 7.37. The van der Waals surface area contributed by atoms with E-state index < -0.39 is 0 Å². The van der Waals surface area contributed by atoms with Crippen molar-refractivity contribution in [3.8, 4) is 11.3 Å². The Morgan fingerprint density at radius 3 is 2.80 bits per heavy atom. The number of aryl methyl sites for hydroxylation is 1. The zero-order chi connectivity index (χ0) is 17.2. The molecule has 0 unspecified atom stereocenters. The molecule has 25 heavy (non-hydrogen) atoms. The summed E-state index contributed by atoms with van der Waals surface area (Å²) in [6.07, 6.45) is 2.04. The third-order valence-corrected chi connectivity index (χ3v) is 5.44. The van der Waals surface area contributed by atoms with Gasteiger partial charge in [0.05, 0.1) is 22.8 Å². The summed E-state index contributed by atoms with van der Waals surface area (Å²) in [6.45, 7) is 3.43. The first-order chi connectivity index (χ1) is 12.2. The molecule has 5 nitrogen and oxygen atoms in total. The molecule has 1 aliphatic heterocycles. The van der Waals surface area contributed by atoms with Crippen molar-refractivity contribution in [2.45, 2.75) is 26.2 Å². The maximum Gasteiger partial charge on any atom is 0.228 e. The summed E-state index contributed by atoms with van der Waals surface area (Å²) in [5.41, 5.74) is 5.41. The van der Waals surface area contributed by atoms with Crippen LogP contribution in [0.2, 0.25) is 0 Å². The first kappa shape index (κ1) is 16.0. The Hall–Kier alpha value is -2.47. The molecule has 3 aromatic rings. The van der Waals surface area contributed by atoms with Gasteiger partial charge in [-0.25, -0.2) is 4.98 Å².